The molecule has 0 aliphatic carbocycles. The van der Waals surface area contributed by atoms with Crippen LogP contribution in [0.5, 0.6) is 5.75 Å². The molecule has 1 amide bonds. The summed E-state index contributed by atoms with van der Waals surface area (Å²) in [7, 11) is 0. The highest BCUT2D eigenvalue weighted by Crippen LogP contribution is 2.23. The Bertz CT molecular complexity index is 1030. The third kappa shape index (κ3) is 5.19. The average Bonchev–Trinajstić information content (AvgIpc) is 3.18. The largest absolute Gasteiger partial charge is 0.489 e. The minimum Gasteiger partial charge on any atom is -0.489 e. The molecule has 2 aromatic carbocycles. The Morgan fingerprint density at radius 2 is 2.07 bits per heavy atom. The van der Waals surface area contributed by atoms with Gasteiger partial charge >= 0.3 is 0 Å². The first kappa shape index (κ1) is 20.1. The third-order valence-electron chi connectivity index (χ3n) is 4.41. The summed E-state index contributed by atoms with van der Waals surface area (Å²) in [6.07, 6.45) is 1.87. The first-order valence-corrected chi connectivity index (χ1v) is 9.23. The molecule has 0 fully saturated rings. The van der Waals surface area contributed by atoms with Crippen LogP contribution in [-0.2, 0) is 19.7 Å². The fraction of sp³-hybridized carbons (Fsp3) is 0.238. The molecule has 29 heavy (non-hydrogen) atoms. The van der Waals surface area contributed by atoms with E-state index in [4.69, 9.17) is 4.74 Å². The number of rotatable bonds is 8. The Morgan fingerprint density at radius 1 is 1.24 bits per heavy atom. The number of ether oxygens (including phenoxy) is 1. The molecule has 0 aliphatic heterocycles. The summed E-state index contributed by atoms with van der Waals surface area (Å²) >= 11 is 0. The normalized spacial score (nSPS) is 10.6. The summed E-state index contributed by atoms with van der Waals surface area (Å²) < 4.78 is 7.52. The van der Waals surface area contributed by atoms with E-state index in [1.807, 2.05) is 25.3 Å². The van der Waals surface area contributed by atoms with Gasteiger partial charge in [-0.2, -0.15) is 5.10 Å². The fourth-order valence-corrected chi connectivity index (χ4v) is 2.84. The zero-order valence-corrected chi connectivity index (χ0v) is 16.3. The van der Waals surface area contributed by atoms with Crippen LogP contribution in [0.4, 0.5) is 5.69 Å². The van der Waals surface area contributed by atoms with Crippen LogP contribution in [0.1, 0.15) is 34.1 Å². The van der Waals surface area contributed by atoms with Crippen LogP contribution in [0, 0.1) is 17.0 Å². The summed E-state index contributed by atoms with van der Waals surface area (Å²) in [6.45, 7) is 5.05. The molecule has 3 aromatic rings. The molecule has 0 bridgehead atoms. The number of nitrogens with one attached hydrogen (secondary N) is 1. The second kappa shape index (κ2) is 9.01. The van der Waals surface area contributed by atoms with Crippen LogP contribution in [0.25, 0.3) is 0 Å². The number of nitro groups is 1. The summed E-state index contributed by atoms with van der Waals surface area (Å²) in [5, 5.41) is 18.1. The van der Waals surface area contributed by atoms with Crippen molar-refractivity contribution >= 4 is 11.6 Å². The lowest BCUT2D eigenvalue weighted by Crippen LogP contribution is -2.23. The van der Waals surface area contributed by atoms with Gasteiger partial charge in [0.25, 0.3) is 11.6 Å². The molecule has 1 N–H and O–H groups in total. The van der Waals surface area contributed by atoms with Gasteiger partial charge in [-0.15, -0.1) is 0 Å². The van der Waals surface area contributed by atoms with E-state index < -0.39 is 4.92 Å². The van der Waals surface area contributed by atoms with E-state index in [9.17, 15) is 14.9 Å². The van der Waals surface area contributed by atoms with Crippen LogP contribution < -0.4 is 10.1 Å². The number of hydrogen-bond donors (Lipinski definition) is 1. The van der Waals surface area contributed by atoms with E-state index in [2.05, 4.69) is 10.4 Å². The molecule has 0 unspecified atom stereocenters. The standard InChI is InChI=1S/C21H22N4O4/c1-3-24-10-9-18(23-24)13-22-21(26)17-6-4-5-16(12-17)14-29-19-7-8-20(25(27)28)15(2)11-19/h4-12H,3,13-14H2,1-2H3,(H,22,26). The number of nitrogens with zero attached hydrogens (tertiary/aromatic N) is 3. The average molecular weight is 394 g/mol. The number of carbonyl (C=O) groups is 1. The van der Waals surface area contributed by atoms with Crippen LogP contribution in [-0.4, -0.2) is 20.6 Å². The fourth-order valence-electron chi connectivity index (χ4n) is 2.84. The smallest absolute Gasteiger partial charge is 0.272 e. The maximum Gasteiger partial charge on any atom is 0.272 e. The number of aryl methyl sites for hydroxylation is 2. The van der Waals surface area contributed by atoms with Gasteiger partial charge in [-0.3, -0.25) is 19.6 Å². The summed E-state index contributed by atoms with van der Waals surface area (Å²) in [5.74, 6) is 0.346. The Balaban J connectivity index is 1.59. The topological polar surface area (TPSA) is 99.3 Å². The Kier molecular flexibility index (Phi) is 6.23. The SMILES string of the molecule is CCn1ccc(CNC(=O)c2cccc(COc3ccc([N+](=O)[O-])c(C)c3)c2)n1. The Labute approximate surface area is 168 Å². The molecular weight excluding hydrogens is 372 g/mol. The zero-order valence-electron chi connectivity index (χ0n) is 16.3. The Morgan fingerprint density at radius 3 is 2.76 bits per heavy atom. The van der Waals surface area contributed by atoms with E-state index in [1.165, 1.54) is 6.07 Å². The zero-order chi connectivity index (χ0) is 20.8. The van der Waals surface area contributed by atoms with Crippen LogP contribution in [0.2, 0.25) is 0 Å². The number of aromatic nitrogens is 2. The number of hydrogen-bond acceptors (Lipinski definition) is 5. The monoisotopic (exact) mass is 394 g/mol. The quantitative estimate of drug-likeness (QED) is 0.465. The van der Waals surface area contributed by atoms with Gasteiger partial charge in [0, 0.05) is 29.9 Å². The van der Waals surface area contributed by atoms with Crippen LogP contribution in [0.3, 0.4) is 0 Å². The molecule has 150 valence electrons. The highest BCUT2D eigenvalue weighted by molar-refractivity contribution is 5.94. The third-order valence-corrected chi connectivity index (χ3v) is 4.41. The molecule has 3 rings (SSSR count). The molecule has 0 aliphatic rings. The predicted octanol–water partition coefficient (Wildman–Crippen LogP) is 3.63. The van der Waals surface area contributed by atoms with E-state index in [-0.39, 0.29) is 18.2 Å². The highest BCUT2D eigenvalue weighted by atomic mass is 16.6. The van der Waals surface area contributed by atoms with Crippen LogP contribution in [0.15, 0.2) is 54.7 Å². The van der Waals surface area contributed by atoms with Gasteiger partial charge in [0.05, 0.1) is 17.2 Å². The second-order valence-electron chi connectivity index (χ2n) is 6.54. The van der Waals surface area contributed by atoms with Gasteiger partial charge in [-0.1, -0.05) is 12.1 Å². The van der Waals surface area contributed by atoms with Gasteiger partial charge in [0.2, 0.25) is 0 Å². The van der Waals surface area contributed by atoms with Crippen molar-refractivity contribution in [1.82, 2.24) is 15.1 Å². The molecule has 1 aromatic heterocycles. The van der Waals surface area contributed by atoms with Gasteiger partial charge in [-0.05, 0) is 49.7 Å². The van der Waals surface area contributed by atoms with Crippen molar-refractivity contribution in [3.05, 3.63) is 87.2 Å². The molecule has 0 atom stereocenters. The highest BCUT2D eigenvalue weighted by Gasteiger charge is 2.11. The summed E-state index contributed by atoms with van der Waals surface area (Å²) in [5.41, 5.74) is 2.74. The molecule has 0 spiro atoms. The Hall–Kier alpha value is -3.68. The first-order valence-electron chi connectivity index (χ1n) is 9.23. The molecule has 8 nitrogen and oxygen atoms in total. The predicted molar refractivity (Wildman–Crippen MR) is 108 cm³/mol. The van der Waals surface area contributed by atoms with Gasteiger partial charge in [0.15, 0.2) is 0 Å². The minimum absolute atomic E-state index is 0.0554. The van der Waals surface area contributed by atoms with Crippen molar-refractivity contribution in [3.8, 4) is 5.75 Å². The molecule has 0 saturated heterocycles. The first-order chi connectivity index (χ1) is 14.0. The lowest BCUT2D eigenvalue weighted by Gasteiger charge is -2.09. The van der Waals surface area contributed by atoms with Crippen molar-refractivity contribution < 1.29 is 14.5 Å². The second-order valence-corrected chi connectivity index (χ2v) is 6.54. The van der Waals surface area contributed by atoms with Crippen molar-refractivity contribution in [2.24, 2.45) is 0 Å². The van der Waals surface area contributed by atoms with Crippen LogP contribution >= 0.6 is 0 Å². The molecule has 1 heterocycles. The van der Waals surface area contributed by atoms with E-state index in [1.54, 1.807) is 41.9 Å². The number of carbonyl (C=O) groups excluding carboxylic acids is 1. The van der Waals surface area contributed by atoms with Crippen molar-refractivity contribution in [1.29, 1.82) is 0 Å². The van der Waals surface area contributed by atoms with E-state index in [0.717, 1.165) is 17.8 Å². The van der Waals surface area contributed by atoms with E-state index in [0.29, 0.717) is 23.4 Å². The lowest BCUT2D eigenvalue weighted by molar-refractivity contribution is -0.385. The molecular formula is C21H22N4O4. The van der Waals surface area contributed by atoms with Gasteiger partial charge in [0.1, 0.15) is 12.4 Å². The maximum absolute atomic E-state index is 12.4. The molecule has 0 saturated carbocycles. The maximum atomic E-state index is 12.4. The van der Waals surface area contributed by atoms with Gasteiger partial charge < -0.3 is 10.1 Å². The number of nitro benzene ring substituents is 1. The summed E-state index contributed by atoms with van der Waals surface area (Å²) in [6, 6.07) is 13.6. The summed E-state index contributed by atoms with van der Waals surface area (Å²) in [4.78, 5) is 22.9. The lowest BCUT2D eigenvalue weighted by atomic mass is 10.1. The van der Waals surface area contributed by atoms with Crippen molar-refractivity contribution in [2.45, 2.75) is 33.5 Å². The molecule has 8 heteroatoms. The van der Waals surface area contributed by atoms with Crippen molar-refractivity contribution in [3.63, 3.8) is 0 Å². The van der Waals surface area contributed by atoms with Crippen molar-refractivity contribution in [2.75, 3.05) is 0 Å². The van der Waals surface area contributed by atoms with E-state index >= 15 is 0 Å². The number of benzene rings is 2. The minimum atomic E-state index is -0.423. The molecule has 0 radical (unpaired) electrons. The number of amides is 1. The van der Waals surface area contributed by atoms with Gasteiger partial charge in [-0.25, -0.2) is 0 Å².